The van der Waals surface area contributed by atoms with Crippen LogP contribution in [-0.2, 0) is 0 Å². The minimum Gasteiger partial charge on any atom is -0.300 e. The number of fused-ring (bicyclic) bond motifs is 1. The molecule has 2 rings (SSSR count). The maximum absolute atomic E-state index is 9.00. The zero-order chi connectivity index (χ0) is 13.0. The third kappa shape index (κ3) is 3.48. The van der Waals surface area contributed by atoms with Crippen molar-refractivity contribution < 1.29 is 0 Å². The van der Waals surface area contributed by atoms with E-state index in [1.165, 1.54) is 58.0 Å². The Balaban J connectivity index is 1.69. The largest absolute Gasteiger partial charge is 0.300 e. The first kappa shape index (κ1) is 13.9. The molecule has 0 bridgehead atoms. The summed E-state index contributed by atoms with van der Waals surface area (Å²) in [6, 6.07) is 3.31. The Morgan fingerprint density at radius 1 is 1.17 bits per heavy atom. The summed E-state index contributed by atoms with van der Waals surface area (Å²) in [4.78, 5) is 2.75. The van der Waals surface area contributed by atoms with E-state index >= 15 is 0 Å². The van der Waals surface area contributed by atoms with E-state index < -0.39 is 0 Å². The summed E-state index contributed by atoms with van der Waals surface area (Å²) in [6.45, 7) is 6.70. The number of nitrogens with zero attached hydrogens (tertiary/aromatic N) is 2. The minimum absolute atomic E-state index is 0.127. The van der Waals surface area contributed by atoms with Crippen molar-refractivity contribution in [3.63, 3.8) is 0 Å². The highest BCUT2D eigenvalue weighted by Gasteiger charge is 2.34. The maximum Gasteiger partial charge on any atom is 0.0683 e. The molecule has 2 atom stereocenters. The lowest BCUT2D eigenvalue weighted by atomic mass is 9.88. The third-order valence-electron chi connectivity index (χ3n) is 4.91. The van der Waals surface area contributed by atoms with Crippen LogP contribution in [-0.4, -0.2) is 24.0 Å². The Labute approximate surface area is 112 Å². The van der Waals surface area contributed by atoms with E-state index in [4.69, 9.17) is 5.26 Å². The van der Waals surface area contributed by atoms with E-state index in [9.17, 15) is 0 Å². The molecule has 2 heteroatoms. The highest BCUT2D eigenvalue weighted by atomic mass is 15.2. The fraction of sp³-hybridized carbons (Fsp3) is 0.938. The second-order valence-electron chi connectivity index (χ2n) is 6.89. The van der Waals surface area contributed by atoms with Crippen molar-refractivity contribution in [3.05, 3.63) is 0 Å². The molecule has 0 aromatic rings. The molecule has 0 aromatic carbocycles. The van der Waals surface area contributed by atoms with Crippen LogP contribution < -0.4 is 0 Å². The Hall–Kier alpha value is -0.550. The van der Waals surface area contributed by atoms with Gasteiger partial charge in [0.15, 0.2) is 0 Å². The number of nitriles is 1. The van der Waals surface area contributed by atoms with Crippen LogP contribution in [0.4, 0.5) is 0 Å². The van der Waals surface area contributed by atoms with Crippen LogP contribution in [0.1, 0.15) is 65.2 Å². The number of likely N-dealkylation sites (tertiary alicyclic amines) is 1. The molecular formula is C16H28N2. The first-order valence-electron chi connectivity index (χ1n) is 7.78. The van der Waals surface area contributed by atoms with Crippen LogP contribution in [0.15, 0.2) is 0 Å². The summed E-state index contributed by atoms with van der Waals surface area (Å²) in [6.07, 6.45) is 10.8. The van der Waals surface area contributed by atoms with Crippen molar-refractivity contribution in [2.45, 2.75) is 71.3 Å². The van der Waals surface area contributed by atoms with Crippen LogP contribution >= 0.6 is 0 Å². The summed E-state index contributed by atoms with van der Waals surface area (Å²) >= 11 is 0. The van der Waals surface area contributed by atoms with E-state index in [0.717, 1.165) is 18.4 Å². The maximum atomic E-state index is 9.00. The van der Waals surface area contributed by atoms with Crippen LogP contribution in [0.5, 0.6) is 0 Å². The van der Waals surface area contributed by atoms with Gasteiger partial charge in [0.25, 0.3) is 0 Å². The van der Waals surface area contributed by atoms with Gasteiger partial charge in [-0.1, -0.05) is 12.8 Å². The van der Waals surface area contributed by atoms with Crippen molar-refractivity contribution in [1.29, 1.82) is 5.26 Å². The van der Waals surface area contributed by atoms with Crippen LogP contribution in [0.25, 0.3) is 0 Å². The van der Waals surface area contributed by atoms with Crippen molar-refractivity contribution in [3.8, 4) is 6.07 Å². The molecule has 1 saturated heterocycles. The van der Waals surface area contributed by atoms with Gasteiger partial charge >= 0.3 is 0 Å². The monoisotopic (exact) mass is 248 g/mol. The van der Waals surface area contributed by atoms with E-state index in [0.29, 0.717) is 0 Å². The summed E-state index contributed by atoms with van der Waals surface area (Å²) in [5, 5.41) is 9.00. The molecule has 0 radical (unpaired) electrons. The Morgan fingerprint density at radius 3 is 2.72 bits per heavy atom. The predicted molar refractivity (Wildman–Crippen MR) is 75.2 cm³/mol. The molecule has 2 nitrogen and oxygen atoms in total. The van der Waals surface area contributed by atoms with Gasteiger partial charge in [-0.15, -0.1) is 0 Å². The average Bonchev–Trinajstić information content (AvgIpc) is 2.83. The predicted octanol–water partition coefficient (Wildman–Crippen LogP) is 3.97. The second kappa shape index (κ2) is 6.06. The summed E-state index contributed by atoms with van der Waals surface area (Å²) in [7, 11) is 0. The van der Waals surface area contributed by atoms with Crippen molar-refractivity contribution in [1.82, 2.24) is 4.90 Å². The molecule has 0 spiro atoms. The highest BCUT2D eigenvalue weighted by Crippen LogP contribution is 2.36. The van der Waals surface area contributed by atoms with Gasteiger partial charge in [0.05, 0.1) is 11.5 Å². The molecule has 0 N–H and O–H groups in total. The SMILES string of the molecule is CC(C)(C#N)CCCCN1CCCC2CCCC21. The topological polar surface area (TPSA) is 27.0 Å². The molecule has 0 amide bonds. The number of hydrogen-bond acceptors (Lipinski definition) is 2. The normalized spacial score (nSPS) is 28.9. The van der Waals surface area contributed by atoms with Crippen molar-refractivity contribution in [2.75, 3.05) is 13.1 Å². The van der Waals surface area contributed by atoms with Gasteiger partial charge in [0.1, 0.15) is 0 Å². The molecule has 102 valence electrons. The first-order chi connectivity index (χ1) is 8.62. The Bertz CT molecular complexity index is 303. The third-order valence-corrected chi connectivity index (χ3v) is 4.91. The van der Waals surface area contributed by atoms with Crippen molar-refractivity contribution >= 4 is 0 Å². The minimum atomic E-state index is -0.127. The second-order valence-corrected chi connectivity index (χ2v) is 6.89. The Kier molecular flexibility index (Phi) is 4.67. The molecule has 1 aliphatic carbocycles. The molecule has 1 aliphatic heterocycles. The zero-order valence-corrected chi connectivity index (χ0v) is 12.1. The zero-order valence-electron chi connectivity index (χ0n) is 12.1. The fourth-order valence-corrected chi connectivity index (χ4v) is 3.77. The van der Waals surface area contributed by atoms with E-state index in [2.05, 4.69) is 24.8 Å². The van der Waals surface area contributed by atoms with Crippen LogP contribution in [0.2, 0.25) is 0 Å². The molecule has 2 fully saturated rings. The van der Waals surface area contributed by atoms with Gasteiger partial charge in [0.2, 0.25) is 0 Å². The molecule has 0 aromatic heterocycles. The van der Waals surface area contributed by atoms with E-state index in [1.54, 1.807) is 0 Å². The lowest BCUT2D eigenvalue weighted by Crippen LogP contribution is -2.42. The average molecular weight is 248 g/mol. The number of piperidine rings is 1. The molecular weight excluding hydrogens is 220 g/mol. The first-order valence-corrected chi connectivity index (χ1v) is 7.78. The van der Waals surface area contributed by atoms with Gasteiger partial charge in [-0.25, -0.2) is 0 Å². The summed E-state index contributed by atoms with van der Waals surface area (Å²) in [5.41, 5.74) is -0.127. The Morgan fingerprint density at radius 2 is 1.94 bits per heavy atom. The quantitative estimate of drug-likeness (QED) is 0.688. The van der Waals surface area contributed by atoms with Crippen LogP contribution in [0, 0.1) is 22.7 Å². The molecule has 2 aliphatic rings. The highest BCUT2D eigenvalue weighted by molar-refractivity contribution is 4.92. The smallest absolute Gasteiger partial charge is 0.0683 e. The number of rotatable bonds is 5. The van der Waals surface area contributed by atoms with Crippen LogP contribution in [0.3, 0.4) is 0 Å². The van der Waals surface area contributed by atoms with Crippen molar-refractivity contribution in [2.24, 2.45) is 11.3 Å². The summed E-state index contributed by atoms with van der Waals surface area (Å²) < 4.78 is 0. The summed E-state index contributed by atoms with van der Waals surface area (Å²) in [5.74, 6) is 1.01. The number of unbranched alkanes of at least 4 members (excludes halogenated alkanes) is 1. The van der Waals surface area contributed by atoms with Gasteiger partial charge < -0.3 is 4.90 Å². The molecule has 1 heterocycles. The van der Waals surface area contributed by atoms with Gasteiger partial charge in [-0.3, -0.25) is 0 Å². The van der Waals surface area contributed by atoms with Gasteiger partial charge in [-0.05, 0) is 71.4 Å². The molecule has 2 unspecified atom stereocenters. The molecule has 1 saturated carbocycles. The standard InChI is InChI=1S/C16H28N2/c1-16(2,13-17)10-3-4-11-18-12-6-8-14-7-5-9-15(14)18/h14-15H,3-12H2,1-2H3. The lowest BCUT2D eigenvalue weighted by Gasteiger charge is -2.37. The van der Waals surface area contributed by atoms with Gasteiger partial charge in [-0.2, -0.15) is 5.26 Å². The lowest BCUT2D eigenvalue weighted by molar-refractivity contribution is 0.110. The van der Waals surface area contributed by atoms with E-state index in [-0.39, 0.29) is 5.41 Å². The number of hydrogen-bond donors (Lipinski definition) is 0. The van der Waals surface area contributed by atoms with E-state index in [1.807, 2.05) is 0 Å². The fourth-order valence-electron chi connectivity index (χ4n) is 3.77. The molecule has 18 heavy (non-hydrogen) atoms. The van der Waals surface area contributed by atoms with Gasteiger partial charge in [0, 0.05) is 6.04 Å².